The number of oxazole rings is 1. The second-order valence-electron chi connectivity index (χ2n) is 7.66. The van der Waals surface area contributed by atoms with Crippen LogP contribution >= 0.6 is 0 Å². The van der Waals surface area contributed by atoms with Crippen LogP contribution in [-0.4, -0.2) is 46.3 Å². The zero-order valence-corrected chi connectivity index (χ0v) is 17.9. The van der Waals surface area contributed by atoms with Crippen LogP contribution in [0.3, 0.4) is 0 Å². The Hall–Kier alpha value is -3.44. The van der Waals surface area contributed by atoms with Gasteiger partial charge in [0.05, 0.1) is 21.4 Å². The Labute approximate surface area is 182 Å². The van der Waals surface area contributed by atoms with Crippen molar-refractivity contribution < 1.29 is 17.6 Å². The molecular formula is C21H21N5O5S. The standard InChI is InChI=1S/C21H21N5O5S/c27-19(24-20-22-15-5-1-2-6-16(15)23-20)9-12-26-17-8-7-14(13-18(17)31-21(26)28)32(29,30)25-10-3-4-11-25/h1-2,5-8,13H,3-4,9-12H2,(H2,22,23,24,27). The summed E-state index contributed by atoms with van der Waals surface area (Å²) in [7, 11) is -3.62. The number of carbonyl (C=O) groups is 1. The summed E-state index contributed by atoms with van der Waals surface area (Å²) in [5.41, 5.74) is 2.15. The molecule has 3 heterocycles. The zero-order chi connectivity index (χ0) is 22.3. The molecule has 0 spiro atoms. The van der Waals surface area contributed by atoms with Gasteiger partial charge in [0.25, 0.3) is 0 Å². The first-order chi connectivity index (χ1) is 15.4. The minimum atomic E-state index is -3.62. The molecule has 5 rings (SSSR count). The summed E-state index contributed by atoms with van der Waals surface area (Å²) < 4.78 is 33.5. The molecule has 32 heavy (non-hydrogen) atoms. The second kappa shape index (κ2) is 7.92. The number of hydrogen-bond donors (Lipinski definition) is 2. The molecule has 2 aromatic carbocycles. The maximum Gasteiger partial charge on any atom is 0.419 e. The van der Waals surface area contributed by atoms with Gasteiger partial charge in [-0.15, -0.1) is 0 Å². The van der Waals surface area contributed by atoms with Gasteiger partial charge < -0.3 is 9.40 Å². The average Bonchev–Trinajstić information content (AvgIpc) is 3.50. The number of carbonyl (C=O) groups excluding carboxylic acids is 1. The van der Waals surface area contributed by atoms with Gasteiger partial charge in [0.1, 0.15) is 0 Å². The first-order valence-corrected chi connectivity index (χ1v) is 11.7. The fourth-order valence-electron chi connectivity index (χ4n) is 3.92. The van der Waals surface area contributed by atoms with Crippen molar-refractivity contribution >= 4 is 44.0 Å². The van der Waals surface area contributed by atoms with Crippen molar-refractivity contribution in [3.63, 3.8) is 0 Å². The number of imidazole rings is 1. The maximum atomic E-state index is 12.8. The number of H-pyrrole nitrogens is 1. The lowest BCUT2D eigenvalue weighted by Gasteiger charge is -2.15. The number of sulfonamides is 1. The summed E-state index contributed by atoms with van der Waals surface area (Å²) in [5.74, 6) is -0.636. The predicted octanol–water partition coefficient (Wildman–Crippen LogP) is 2.28. The number of nitrogens with one attached hydrogen (secondary N) is 2. The van der Waals surface area contributed by atoms with E-state index in [1.165, 1.54) is 21.0 Å². The van der Waals surface area contributed by atoms with Crippen LogP contribution in [0.4, 0.5) is 5.95 Å². The molecule has 0 radical (unpaired) electrons. The topological polar surface area (TPSA) is 130 Å². The van der Waals surface area contributed by atoms with Crippen LogP contribution in [0.25, 0.3) is 22.1 Å². The Morgan fingerprint density at radius 1 is 1.16 bits per heavy atom. The van der Waals surface area contributed by atoms with E-state index < -0.39 is 15.8 Å². The van der Waals surface area contributed by atoms with Gasteiger partial charge in [0.2, 0.25) is 21.9 Å². The molecule has 1 aliphatic rings. The van der Waals surface area contributed by atoms with Gasteiger partial charge in [-0.3, -0.25) is 14.7 Å². The molecule has 1 fully saturated rings. The van der Waals surface area contributed by atoms with Crippen LogP contribution < -0.4 is 11.1 Å². The summed E-state index contributed by atoms with van der Waals surface area (Å²) in [6.45, 7) is 1.06. The number of amides is 1. The summed E-state index contributed by atoms with van der Waals surface area (Å²) in [5, 5.41) is 2.69. The minimum absolute atomic E-state index is 0.0133. The Kier molecular flexibility index (Phi) is 5.06. The van der Waals surface area contributed by atoms with E-state index >= 15 is 0 Å². The average molecular weight is 455 g/mol. The van der Waals surface area contributed by atoms with E-state index in [0.29, 0.717) is 24.6 Å². The Balaban J connectivity index is 1.32. The summed E-state index contributed by atoms with van der Waals surface area (Å²) >= 11 is 0. The lowest BCUT2D eigenvalue weighted by atomic mass is 10.3. The van der Waals surface area contributed by atoms with E-state index in [1.807, 2.05) is 24.3 Å². The van der Waals surface area contributed by atoms with Gasteiger partial charge in [0.15, 0.2) is 5.58 Å². The molecular weight excluding hydrogens is 434 g/mol. The first-order valence-electron chi connectivity index (χ1n) is 10.3. The fraction of sp³-hybridized carbons (Fsp3) is 0.286. The van der Waals surface area contributed by atoms with Crippen LogP contribution in [0.5, 0.6) is 0 Å². The highest BCUT2D eigenvalue weighted by Crippen LogP contribution is 2.24. The molecule has 0 unspecified atom stereocenters. The van der Waals surface area contributed by atoms with Gasteiger partial charge in [0, 0.05) is 32.1 Å². The van der Waals surface area contributed by atoms with Crippen LogP contribution in [0, 0.1) is 0 Å². The summed E-state index contributed by atoms with van der Waals surface area (Å²) in [6, 6.07) is 11.8. The molecule has 0 saturated carbocycles. The number of aromatic amines is 1. The molecule has 11 heteroatoms. The van der Waals surface area contributed by atoms with Gasteiger partial charge in [-0.2, -0.15) is 4.31 Å². The highest BCUT2D eigenvalue weighted by molar-refractivity contribution is 7.89. The summed E-state index contributed by atoms with van der Waals surface area (Å²) in [4.78, 5) is 32.1. The van der Waals surface area contributed by atoms with Crippen molar-refractivity contribution in [2.75, 3.05) is 18.4 Å². The minimum Gasteiger partial charge on any atom is -0.408 e. The van der Waals surface area contributed by atoms with Crippen molar-refractivity contribution in [2.45, 2.75) is 30.7 Å². The van der Waals surface area contributed by atoms with E-state index in [0.717, 1.165) is 23.9 Å². The number of hydrogen-bond acceptors (Lipinski definition) is 6. The third-order valence-corrected chi connectivity index (χ3v) is 7.45. The number of para-hydroxylation sites is 2. The normalized spacial score (nSPS) is 15.0. The first kappa shape index (κ1) is 20.5. The third-order valence-electron chi connectivity index (χ3n) is 5.55. The monoisotopic (exact) mass is 455 g/mol. The van der Waals surface area contributed by atoms with Crippen molar-refractivity contribution in [3.05, 3.63) is 53.0 Å². The largest absolute Gasteiger partial charge is 0.419 e. The number of anilines is 1. The fourth-order valence-corrected chi connectivity index (χ4v) is 5.45. The number of rotatable bonds is 6. The number of fused-ring (bicyclic) bond motifs is 2. The Morgan fingerprint density at radius 2 is 1.94 bits per heavy atom. The van der Waals surface area contributed by atoms with E-state index in [9.17, 15) is 18.0 Å². The third kappa shape index (κ3) is 3.69. The van der Waals surface area contributed by atoms with Crippen molar-refractivity contribution in [1.29, 1.82) is 0 Å². The number of aryl methyl sites for hydroxylation is 1. The van der Waals surface area contributed by atoms with Crippen LogP contribution in [0.2, 0.25) is 0 Å². The highest BCUT2D eigenvalue weighted by Gasteiger charge is 2.28. The second-order valence-corrected chi connectivity index (χ2v) is 9.60. The van der Waals surface area contributed by atoms with Crippen LogP contribution in [0.15, 0.2) is 56.6 Å². The van der Waals surface area contributed by atoms with Crippen LogP contribution in [0.1, 0.15) is 19.3 Å². The zero-order valence-electron chi connectivity index (χ0n) is 17.1. The van der Waals surface area contributed by atoms with Gasteiger partial charge in [-0.1, -0.05) is 12.1 Å². The van der Waals surface area contributed by atoms with Crippen molar-refractivity contribution in [1.82, 2.24) is 18.8 Å². The maximum absolute atomic E-state index is 12.8. The number of nitrogens with zero attached hydrogens (tertiary/aromatic N) is 3. The van der Waals surface area contributed by atoms with Gasteiger partial charge in [-0.05, 0) is 37.1 Å². The smallest absolute Gasteiger partial charge is 0.408 e. The van der Waals surface area contributed by atoms with Gasteiger partial charge in [-0.25, -0.2) is 18.2 Å². The molecule has 0 atom stereocenters. The predicted molar refractivity (Wildman–Crippen MR) is 118 cm³/mol. The molecule has 4 aromatic rings. The molecule has 2 aromatic heterocycles. The van der Waals surface area contributed by atoms with Crippen molar-refractivity contribution in [3.8, 4) is 0 Å². The van der Waals surface area contributed by atoms with E-state index in [4.69, 9.17) is 4.42 Å². The molecule has 166 valence electrons. The SMILES string of the molecule is O=C(CCn1c(=O)oc2cc(S(=O)(=O)N3CCCC3)ccc21)Nc1nc2ccccc2[nH]1. The molecule has 2 N–H and O–H groups in total. The van der Waals surface area contributed by atoms with Gasteiger partial charge >= 0.3 is 5.76 Å². The quantitative estimate of drug-likeness (QED) is 0.459. The summed E-state index contributed by atoms with van der Waals surface area (Å²) in [6.07, 6.45) is 1.69. The molecule has 10 nitrogen and oxygen atoms in total. The molecule has 0 bridgehead atoms. The van der Waals surface area contributed by atoms with E-state index in [-0.39, 0.29) is 29.4 Å². The van der Waals surface area contributed by atoms with Crippen LogP contribution in [-0.2, 0) is 21.4 Å². The molecule has 1 amide bonds. The lowest BCUT2D eigenvalue weighted by molar-refractivity contribution is -0.116. The number of aromatic nitrogens is 3. The molecule has 0 aliphatic carbocycles. The Bertz CT molecular complexity index is 1440. The lowest BCUT2D eigenvalue weighted by Crippen LogP contribution is -2.27. The van der Waals surface area contributed by atoms with E-state index in [2.05, 4.69) is 15.3 Å². The van der Waals surface area contributed by atoms with Crippen molar-refractivity contribution in [2.24, 2.45) is 0 Å². The van der Waals surface area contributed by atoms with E-state index in [1.54, 1.807) is 6.07 Å². The molecule has 1 saturated heterocycles. The highest BCUT2D eigenvalue weighted by atomic mass is 32.2. The Morgan fingerprint density at radius 3 is 2.72 bits per heavy atom. The molecule has 1 aliphatic heterocycles. The number of benzene rings is 2.